The molecule has 2 atom stereocenters. The first kappa shape index (κ1) is 21.9. The maximum Gasteiger partial charge on any atom is 0.235 e. The Labute approximate surface area is 186 Å². The van der Waals surface area contributed by atoms with E-state index in [-0.39, 0.29) is 5.91 Å². The predicted molar refractivity (Wildman–Crippen MR) is 123 cm³/mol. The number of hydrogen-bond acceptors (Lipinski definition) is 4. The van der Waals surface area contributed by atoms with Gasteiger partial charge >= 0.3 is 0 Å². The van der Waals surface area contributed by atoms with Gasteiger partial charge in [-0.15, -0.1) is 0 Å². The average molecular weight is 446 g/mol. The fourth-order valence-corrected chi connectivity index (χ4v) is 3.75. The van der Waals surface area contributed by atoms with Gasteiger partial charge in [-0.2, -0.15) is 0 Å². The zero-order chi connectivity index (χ0) is 21.7. The number of thiocarbonyl (C=S) groups is 1. The van der Waals surface area contributed by atoms with Gasteiger partial charge in [0.2, 0.25) is 5.91 Å². The van der Waals surface area contributed by atoms with Crippen molar-refractivity contribution in [1.29, 1.82) is 0 Å². The van der Waals surface area contributed by atoms with E-state index in [1.54, 1.807) is 24.3 Å². The molecule has 2 aromatic carbocycles. The van der Waals surface area contributed by atoms with Gasteiger partial charge < -0.3 is 25.4 Å². The second-order valence-electron chi connectivity index (χ2n) is 6.62. The fourth-order valence-electron chi connectivity index (χ4n) is 3.31. The molecule has 0 aromatic heterocycles. The van der Waals surface area contributed by atoms with E-state index >= 15 is 0 Å². The Balaban J connectivity index is 1.94. The molecular formula is C22H24ClN3O3S. The lowest BCUT2D eigenvalue weighted by molar-refractivity contribution is -0.119. The van der Waals surface area contributed by atoms with Gasteiger partial charge in [-0.1, -0.05) is 36.4 Å². The lowest BCUT2D eigenvalue weighted by atomic mass is 9.88. The normalized spacial score (nSPS) is 18.2. The lowest BCUT2D eigenvalue weighted by Gasteiger charge is -2.35. The van der Waals surface area contributed by atoms with Crippen LogP contribution < -0.4 is 25.4 Å². The van der Waals surface area contributed by atoms with Gasteiger partial charge in [-0.3, -0.25) is 4.79 Å². The summed E-state index contributed by atoms with van der Waals surface area (Å²) in [5.74, 6) is 0.363. The highest BCUT2D eigenvalue weighted by molar-refractivity contribution is 7.80. The van der Waals surface area contributed by atoms with Gasteiger partial charge in [0.05, 0.1) is 30.0 Å². The summed E-state index contributed by atoms with van der Waals surface area (Å²) in [6.07, 6.45) is 0. The van der Waals surface area contributed by atoms with Crippen LogP contribution in [0.1, 0.15) is 25.5 Å². The van der Waals surface area contributed by atoms with E-state index < -0.39 is 12.0 Å². The van der Waals surface area contributed by atoms with Crippen molar-refractivity contribution in [3.05, 3.63) is 65.3 Å². The zero-order valence-corrected chi connectivity index (χ0v) is 18.4. The van der Waals surface area contributed by atoms with Crippen LogP contribution in [0.15, 0.2) is 54.7 Å². The largest absolute Gasteiger partial charge is 0.490 e. The van der Waals surface area contributed by atoms with Gasteiger partial charge in [0.25, 0.3) is 0 Å². The number of ether oxygens (including phenoxy) is 2. The van der Waals surface area contributed by atoms with Crippen molar-refractivity contribution in [2.45, 2.75) is 19.9 Å². The van der Waals surface area contributed by atoms with E-state index in [1.807, 2.05) is 32.0 Å². The summed E-state index contributed by atoms with van der Waals surface area (Å²) < 4.78 is 11.4. The highest BCUT2D eigenvalue weighted by Crippen LogP contribution is 2.36. The van der Waals surface area contributed by atoms with Gasteiger partial charge in [-0.25, -0.2) is 0 Å². The van der Waals surface area contributed by atoms with Crippen molar-refractivity contribution in [2.75, 3.05) is 18.5 Å². The van der Waals surface area contributed by atoms with Crippen LogP contribution in [0.2, 0.25) is 5.02 Å². The van der Waals surface area contributed by atoms with Crippen LogP contribution in [0.3, 0.4) is 0 Å². The quantitative estimate of drug-likeness (QED) is 0.548. The molecule has 1 fully saturated rings. The molecule has 0 bridgehead atoms. The van der Waals surface area contributed by atoms with Crippen molar-refractivity contribution < 1.29 is 14.3 Å². The minimum atomic E-state index is -0.639. The second kappa shape index (κ2) is 9.82. The predicted octanol–water partition coefficient (Wildman–Crippen LogP) is 4.42. The molecule has 3 N–H and O–H groups in total. The third-order valence-corrected chi connectivity index (χ3v) is 5.16. The summed E-state index contributed by atoms with van der Waals surface area (Å²) in [5.41, 5.74) is 1.86. The first-order valence-electron chi connectivity index (χ1n) is 9.65. The molecule has 0 spiro atoms. The number of rotatable bonds is 7. The van der Waals surface area contributed by atoms with Gasteiger partial charge in [-0.05, 0) is 55.9 Å². The van der Waals surface area contributed by atoms with Crippen LogP contribution in [0.5, 0.6) is 11.5 Å². The number of nitrogens with one attached hydrogen (secondary N) is 3. The Bertz CT molecular complexity index is 966. The van der Waals surface area contributed by atoms with Crippen molar-refractivity contribution in [3.8, 4) is 11.5 Å². The first-order chi connectivity index (χ1) is 14.4. The van der Waals surface area contributed by atoms with Gasteiger partial charge in [0, 0.05) is 5.70 Å². The fraction of sp³-hybridized carbons (Fsp3) is 0.273. The summed E-state index contributed by atoms with van der Waals surface area (Å²) in [6.45, 7) is 8.85. The smallest absolute Gasteiger partial charge is 0.235 e. The summed E-state index contributed by atoms with van der Waals surface area (Å²) in [5, 5.41) is 9.89. The monoisotopic (exact) mass is 445 g/mol. The lowest BCUT2D eigenvalue weighted by Crippen LogP contribution is -2.51. The molecule has 0 radical (unpaired) electrons. The Morgan fingerprint density at radius 3 is 2.57 bits per heavy atom. The molecule has 158 valence electrons. The van der Waals surface area contributed by atoms with Crippen LogP contribution in [0.4, 0.5) is 5.69 Å². The topological polar surface area (TPSA) is 71.6 Å². The number of carbonyl (C=O) groups is 1. The van der Waals surface area contributed by atoms with Gasteiger partial charge in [0.15, 0.2) is 16.6 Å². The van der Waals surface area contributed by atoms with Crippen LogP contribution in [-0.4, -0.2) is 24.2 Å². The summed E-state index contributed by atoms with van der Waals surface area (Å²) in [6, 6.07) is 12.2. The van der Waals surface area contributed by atoms with E-state index in [0.29, 0.717) is 46.2 Å². The van der Waals surface area contributed by atoms with E-state index in [9.17, 15) is 4.79 Å². The molecule has 6 nitrogen and oxygen atoms in total. The number of carbonyl (C=O) groups excluding carboxylic acids is 1. The molecule has 1 amide bonds. The molecular weight excluding hydrogens is 422 g/mol. The highest BCUT2D eigenvalue weighted by atomic mass is 35.5. The van der Waals surface area contributed by atoms with Crippen LogP contribution >= 0.6 is 23.8 Å². The number of amides is 1. The standard InChI is InChI=1S/C22H24ClN3O3S/c1-4-28-17-11-10-14(12-18(17)29-5-2)20-19(13(3)24-22(30)26-20)21(27)25-16-9-7-6-8-15(16)23/h6-12,19-20H,3-5H2,1-2H3,(H,25,27)(H2,24,26,30)/t19-,20+/m1/s1. The van der Waals surface area contributed by atoms with Crippen LogP contribution in [0, 0.1) is 5.92 Å². The molecule has 0 aliphatic carbocycles. The molecule has 0 unspecified atom stereocenters. The van der Waals surface area contributed by atoms with E-state index in [2.05, 4.69) is 22.5 Å². The molecule has 8 heteroatoms. The number of halogens is 1. The summed E-state index contributed by atoms with van der Waals surface area (Å²) in [4.78, 5) is 13.2. The molecule has 0 saturated carbocycles. The van der Waals surface area contributed by atoms with Crippen LogP contribution in [0.25, 0.3) is 0 Å². The summed E-state index contributed by atoms with van der Waals surface area (Å²) >= 11 is 11.5. The maximum atomic E-state index is 13.2. The Kier molecular flexibility index (Phi) is 7.18. The Hall–Kier alpha value is -2.77. The minimum absolute atomic E-state index is 0.257. The molecule has 1 aliphatic heterocycles. The van der Waals surface area contributed by atoms with Crippen molar-refractivity contribution in [3.63, 3.8) is 0 Å². The second-order valence-corrected chi connectivity index (χ2v) is 7.44. The average Bonchev–Trinajstić information content (AvgIpc) is 2.70. The van der Waals surface area contributed by atoms with Crippen molar-refractivity contribution in [2.24, 2.45) is 5.92 Å². The van der Waals surface area contributed by atoms with Crippen LogP contribution in [-0.2, 0) is 4.79 Å². The zero-order valence-electron chi connectivity index (χ0n) is 16.8. The van der Waals surface area contributed by atoms with E-state index in [0.717, 1.165) is 5.56 Å². The van der Waals surface area contributed by atoms with Crippen molar-refractivity contribution in [1.82, 2.24) is 10.6 Å². The maximum absolute atomic E-state index is 13.2. The minimum Gasteiger partial charge on any atom is -0.490 e. The number of anilines is 1. The van der Waals surface area contributed by atoms with Gasteiger partial charge in [0.1, 0.15) is 5.92 Å². The third kappa shape index (κ3) is 4.86. The number of hydrogen-bond donors (Lipinski definition) is 3. The SMILES string of the molecule is C=C1NC(=S)N[C@@H](c2ccc(OCC)c(OCC)c2)[C@@H]1C(=O)Nc1ccccc1Cl. The first-order valence-corrected chi connectivity index (χ1v) is 10.4. The molecule has 2 aromatic rings. The Morgan fingerprint density at radius 1 is 1.17 bits per heavy atom. The molecule has 1 aliphatic rings. The van der Waals surface area contributed by atoms with E-state index in [4.69, 9.17) is 33.3 Å². The highest BCUT2D eigenvalue weighted by Gasteiger charge is 2.37. The Morgan fingerprint density at radius 2 is 1.87 bits per heavy atom. The molecule has 30 heavy (non-hydrogen) atoms. The molecule has 1 saturated heterocycles. The third-order valence-electron chi connectivity index (χ3n) is 4.61. The molecule has 3 rings (SSSR count). The van der Waals surface area contributed by atoms with E-state index in [1.165, 1.54) is 0 Å². The molecule has 1 heterocycles. The van der Waals surface area contributed by atoms with Crippen molar-refractivity contribution >= 4 is 40.5 Å². The summed E-state index contributed by atoms with van der Waals surface area (Å²) in [7, 11) is 0. The number of benzene rings is 2. The number of para-hydroxylation sites is 1.